The molecule has 1 aromatic heterocycles. The van der Waals surface area contributed by atoms with Crippen molar-refractivity contribution in [1.29, 1.82) is 0 Å². The van der Waals surface area contributed by atoms with E-state index in [0.717, 1.165) is 10.4 Å². The van der Waals surface area contributed by atoms with Crippen molar-refractivity contribution in [2.45, 2.75) is 26.2 Å². The molecule has 0 aliphatic rings. The van der Waals surface area contributed by atoms with Crippen molar-refractivity contribution in [3.8, 4) is 10.4 Å². The molecule has 0 unspecified atom stereocenters. The van der Waals surface area contributed by atoms with Gasteiger partial charge in [-0.25, -0.2) is 0 Å². The minimum Gasteiger partial charge on any atom is -0.320 e. The lowest BCUT2D eigenvalue weighted by atomic mass is 9.86. The molecule has 0 saturated carbocycles. The van der Waals surface area contributed by atoms with Gasteiger partial charge in [-0.05, 0) is 36.7 Å². The van der Waals surface area contributed by atoms with E-state index in [9.17, 15) is 9.59 Å². The van der Waals surface area contributed by atoms with Crippen LogP contribution in [0.25, 0.3) is 10.4 Å². The minimum absolute atomic E-state index is 0.0455. The zero-order valence-corrected chi connectivity index (χ0v) is 20.0. The summed E-state index contributed by atoms with van der Waals surface area (Å²) in [4.78, 5) is 28.1. The fourth-order valence-corrected chi connectivity index (χ4v) is 3.86. The van der Waals surface area contributed by atoms with Gasteiger partial charge in [0.1, 0.15) is 9.52 Å². The molecule has 29 heavy (non-hydrogen) atoms. The number of hydrogen-bond acceptors (Lipinski definition) is 4. The van der Waals surface area contributed by atoms with Gasteiger partial charge in [0.15, 0.2) is 5.78 Å². The molecule has 1 N–H and O–H groups in total. The van der Waals surface area contributed by atoms with Crippen molar-refractivity contribution in [2.24, 2.45) is 0 Å². The average molecular weight is 474 g/mol. The quantitative estimate of drug-likeness (QED) is 0.397. The summed E-state index contributed by atoms with van der Waals surface area (Å²) in [6.07, 6.45) is 0. The number of nitrogens with one attached hydrogen (secondary N) is 1. The normalized spacial score (nSPS) is 11.5. The van der Waals surface area contributed by atoms with Crippen LogP contribution in [-0.2, 0) is 10.2 Å². The molecule has 1 amide bonds. The SMILES string of the molecule is CN(C)CC(=O)c1sc(-c2ccc(C(C)(C)C)cc2)cc1NC(=O)C(Cl)=C(Cl)Cl. The maximum atomic E-state index is 12.7. The van der Waals surface area contributed by atoms with E-state index in [1.165, 1.54) is 16.9 Å². The fourth-order valence-electron chi connectivity index (χ4n) is 2.59. The highest BCUT2D eigenvalue weighted by molar-refractivity contribution is 7.18. The number of ketones is 1. The van der Waals surface area contributed by atoms with Crippen LogP contribution in [0.5, 0.6) is 0 Å². The number of rotatable bonds is 6. The lowest BCUT2D eigenvalue weighted by Gasteiger charge is -2.18. The lowest BCUT2D eigenvalue weighted by molar-refractivity contribution is -0.112. The van der Waals surface area contributed by atoms with Gasteiger partial charge in [-0.2, -0.15) is 0 Å². The van der Waals surface area contributed by atoms with E-state index in [-0.39, 0.29) is 27.3 Å². The van der Waals surface area contributed by atoms with E-state index >= 15 is 0 Å². The number of Topliss-reactive ketones (excluding diaryl/α,β-unsaturated/α-hetero) is 1. The molecule has 1 heterocycles. The molecule has 0 fully saturated rings. The van der Waals surface area contributed by atoms with Crippen molar-refractivity contribution >= 4 is 63.5 Å². The van der Waals surface area contributed by atoms with Gasteiger partial charge in [-0.1, -0.05) is 79.8 Å². The van der Waals surface area contributed by atoms with Crippen LogP contribution in [0.1, 0.15) is 36.0 Å². The third kappa shape index (κ3) is 6.30. The molecule has 4 nitrogen and oxygen atoms in total. The topological polar surface area (TPSA) is 49.4 Å². The molecular formula is C21H23Cl3N2O2S. The second kappa shape index (κ2) is 9.63. The van der Waals surface area contributed by atoms with Gasteiger partial charge in [-0.3, -0.25) is 9.59 Å². The number of carbonyl (C=O) groups excluding carboxylic acids is 2. The Morgan fingerprint density at radius 2 is 1.66 bits per heavy atom. The Hall–Kier alpha value is -1.37. The molecule has 2 rings (SSSR count). The Morgan fingerprint density at radius 1 is 1.07 bits per heavy atom. The molecule has 0 saturated heterocycles. The smallest absolute Gasteiger partial charge is 0.269 e. The molecule has 0 aliphatic carbocycles. The van der Waals surface area contributed by atoms with Crippen LogP contribution in [0.3, 0.4) is 0 Å². The Balaban J connectivity index is 2.44. The third-order valence-electron chi connectivity index (χ3n) is 4.09. The first kappa shape index (κ1) is 23.9. The van der Waals surface area contributed by atoms with Gasteiger partial charge in [0.05, 0.1) is 17.1 Å². The number of likely N-dealkylation sites (N-methyl/N-ethyl adjacent to an activating group) is 1. The predicted molar refractivity (Wildman–Crippen MR) is 125 cm³/mol. The van der Waals surface area contributed by atoms with Crippen molar-refractivity contribution in [3.05, 3.63) is 50.3 Å². The number of carbonyl (C=O) groups is 2. The summed E-state index contributed by atoms with van der Waals surface area (Å²) in [6, 6.07) is 9.94. The third-order valence-corrected chi connectivity index (χ3v) is 6.25. The molecule has 156 valence electrons. The lowest BCUT2D eigenvalue weighted by Crippen LogP contribution is -2.22. The van der Waals surface area contributed by atoms with Crippen LogP contribution in [-0.4, -0.2) is 37.2 Å². The van der Waals surface area contributed by atoms with Crippen molar-refractivity contribution in [3.63, 3.8) is 0 Å². The van der Waals surface area contributed by atoms with E-state index in [1.54, 1.807) is 11.0 Å². The van der Waals surface area contributed by atoms with E-state index in [1.807, 2.05) is 26.2 Å². The first-order chi connectivity index (χ1) is 13.4. The number of nitrogens with zero attached hydrogens (tertiary/aromatic N) is 1. The Bertz CT molecular complexity index is 938. The maximum Gasteiger partial charge on any atom is 0.269 e. The van der Waals surface area contributed by atoms with Crippen LogP contribution in [0.4, 0.5) is 5.69 Å². The molecular weight excluding hydrogens is 451 g/mol. The van der Waals surface area contributed by atoms with Gasteiger partial charge < -0.3 is 10.2 Å². The second-order valence-corrected chi connectivity index (χ2v) is 10.2. The number of halogens is 3. The van der Waals surface area contributed by atoms with Crippen molar-refractivity contribution in [1.82, 2.24) is 4.90 Å². The van der Waals surface area contributed by atoms with Gasteiger partial charge in [0.25, 0.3) is 5.91 Å². The summed E-state index contributed by atoms with van der Waals surface area (Å²) in [7, 11) is 3.62. The summed E-state index contributed by atoms with van der Waals surface area (Å²) in [5.41, 5.74) is 2.60. The van der Waals surface area contributed by atoms with Gasteiger partial charge >= 0.3 is 0 Å². The van der Waals surface area contributed by atoms with Crippen LogP contribution in [0, 0.1) is 0 Å². The minimum atomic E-state index is -0.669. The van der Waals surface area contributed by atoms with Crippen LogP contribution < -0.4 is 5.32 Å². The van der Waals surface area contributed by atoms with Crippen LogP contribution in [0.2, 0.25) is 0 Å². The number of hydrogen-bond donors (Lipinski definition) is 1. The number of anilines is 1. The summed E-state index contributed by atoms with van der Waals surface area (Å²) in [5, 5.41) is 2.31. The van der Waals surface area contributed by atoms with E-state index in [4.69, 9.17) is 34.8 Å². The summed E-state index contributed by atoms with van der Waals surface area (Å²) in [5.74, 6) is -0.775. The standard InChI is InChI=1S/C21H23Cl3N2O2S/c1-21(2,3)13-8-6-12(7-9-13)16-10-14(25-20(28)17(22)19(23)24)18(29-16)15(27)11-26(4)5/h6-10H,11H2,1-5H3,(H,25,28). The van der Waals surface area contributed by atoms with E-state index in [0.29, 0.717) is 10.6 Å². The molecule has 2 aromatic rings. The van der Waals surface area contributed by atoms with Crippen molar-refractivity contribution in [2.75, 3.05) is 26.0 Å². The van der Waals surface area contributed by atoms with E-state index < -0.39 is 5.91 Å². The first-order valence-corrected chi connectivity index (χ1v) is 10.8. The largest absolute Gasteiger partial charge is 0.320 e. The second-order valence-electron chi connectivity index (χ2n) is 7.87. The summed E-state index contributed by atoms with van der Waals surface area (Å²) in [6.45, 7) is 6.67. The molecule has 0 aliphatic heterocycles. The average Bonchev–Trinajstić information content (AvgIpc) is 3.03. The van der Waals surface area contributed by atoms with Crippen LogP contribution in [0.15, 0.2) is 39.9 Å². The highest BCUT2D eigenvalue weighted by Gasteiger charge is 2.21. The zero-order chi connectivity index (χ0) is 21.9. The Morgan fingerprint density at radius 3 is 2.14 bits per heavy atom. The van der Waals surface area contributed by atoms with Gasteiger partial charge in [0.2, 0.25) is 0 Å². The first-order valence-electron chi connectivity index (χ1n) is 8.85. The number of benzene rings is 1. The highest BCUT2D eigenvalue weighted by atomic mass is 35.5. The van der Waals surface area contributed by atoms with E-state index in [2.05, 4.69) is 38.2 Å². The highest BCUT2D eigenvalue weighted by Crippen LogP contribution is 2.37. The number of thiophene rings is 1. The molecule has 0 atom stereocenters. The molecule has 0 spiro atoms. The molecule has 0 radical (unpaired) electrons. The molecule has 1 aromatic carbocycles. The molecule has 8 heteroatoms. The summed E-state index contributed by atoms with van der Waals surface area (Å²) >= 11 is 18.3. The number of amides is 1. The Kier molecular flexibility index (Phi) is 7.93. The van der Waals surface area contributed by atoms with Gasteiger partial charge in [-0.15, -0.1) is 11.3 Å². The Labute approximate surface area is 190 Å². The molecule has 0 bridgehead atoms. The van der Waals surface area contributed by atoms with Crippen LogP contribution >= 0.6 is 46.1 Å². The van der Waals surface area contributed by atoms with Gasteiger partial charge in [0, 0.05) is 4.88 Å². The zero-order valence-electron chi connectivity index (χ0n) is 16.9. The predicted octanol–water partition coefficient (Wildman–Crippen LogP) is 6.28. The van der Waals surface area contributed by atoms with Crippen molar-refractivity contribution < 1.29 is 9.59 Å². The fraction of sp³-hybridized carbons (Fsp3) is 0.333. The monoisotopic (exact) mass is 472 g/mol. The maximum absolute atomic E-state index is 12.7. The summed E-state index contributed by atoms with van der Waals surface area (Å²) < 4.78 is -0.335.